The molecule has 1 saturated carbocycles. The molecule has 0 aromatic heterocycles. The Morgan fingerprint density at radius 2 is 1.67 bits per heavy atom. The Kier molecular flexibility index (Phi) is 7.32. The molecule has 0 saturated heterocycles. The van der Waals surface area contributed by atoms with Gasteiger partial charge < -0.3 is 15.3 Å². The largest absolute Gasteiger partial charge is 0.481 e. The number of fused-ring (bicyclic) bond motifs is 3. The van der Waals surface area contributed by atoms with Crippen molar-refractivity contribution in [3.05, 3.63) is 35.5 Å². The molecule has 0 heterocycles. The highest BCUT2D eigenvalue weighted by atomic mass is 16.4. The molecule has 6 nitrogen and oxygen atoms in total. The molecule has 30 heavy (non-hydrogen) atoms. The van der Waals surface area contributed by atoms with Crippen LogP contribution >= 0.6 is 0 Å². The SMILES string of the molecule is CC(C)C1=CC2=CCC3[C@](C)(C(=O)O)CCC[C@]3(C)[C@H]2CC1.O=C(O)/C=C\C(=O)O. The van der Waals surface area contributed by atoms with E-state index in [9.17, 15) is 19.5 Å². The number of aliphatic carboxylic acids is 3. The van der Waals surface area contributed by atoms with E-state index in [1.54, 1.807) is 5.57 Å². The Morgan fingerprint density at radius 1 is 1.07 bits per heavy atom. The Bertz CT molecular complexity index is 774. The van der Waals surface area contributed by atoms with Crippen molar-refractivity contribution in [1.29, 1.82) is 0 Å². The van der Waals surface area contributed by atoms with E-state index in [2.05, 4.69) is 32.9 Å². The molecule has 1 fully saturated rings. The normalized spacial score (nSPS) is 32.8. The molecular weight excluding hydrogens is 384 g/mol. The van der Waals surface area contributed by atoms with Crippen LogP contribution < -0.4 is 0 Å². The van der Waals surface area contributed by atoms with Crippen molar-refractivity contribution in [3.63, 3.8) is 0 Å². The van der Waals surface area contributed by atoms with Gasteiger partial charge in [-0.2, -0.15) is 0 Å². The summed E-state index contributed by atoms with van der Waals surface area (Å²) in [5.41, 5.74) is 2.69. The van der Waals surface area contributed by atoms with E-state index in [1.165, 1.54) is 24.8 Å². The lowest BCUT2D eigenvalue weighted by molar-refractivity contribution is -0.162. The van der Waals surface area contributed by atoms with Gasteiger partial charge in [0.1, 0.15) is 0 Å². The Morgan fingerprint density at radius 3 is 2.17 bits per heavy atom. The van der Waals surface area contributed by atoms with Crippen molar-refractivity contribution >= 4 is 17.9 Å². The maximum Gasteiger partial charge on any atom is 0.328 e. The fourth-order valence-corrected chi connectivity index (χ4v) is 5.74. The first-order valence-corrected chi connectivity index (χ1v) is 10.7. The van der Waals surface area contributed by atoms with Crippen molar-refractivity contribution < 1.29 is 29.7 Å². The van der Waals surface area contributed by atoms with Crippen LogP contribution in [0.3, 0.4) is 0 Å². The number of carbonyl (C=O) groups is 3. The topological polar surface area (TPSA) is 112 Å². The second kappa shape index (κ2) is 9.19. The lowest BCUT2D eigenvalue weighted by Crippen LogP contribution is -2.53. The van der Waals surface area contributed by atoms with Crippen LogP contribution in [-0.2, 0) is 14.4 Å². The highest BCUT2D eigenvalue weighted by Crippen LogP contribution is 2.62. The predicted octanol–water partition coefficient (Wildman–Crippen LogP) is 4.92. The van der Waals surface area contributed by atoms with Gasteiger partial charge in [-0.25, -0.2) is 9.59 Å². The molecule has 166 valence electrons. The summed E-state index contributed by atoms with van der Waals surface area (Å²) in [5, 5.41) is 25.5. The molecule has 3 rings (SSSR count). The fraction of sp³-hybridized carbons (Fsp3) is 0.625. The molecule has 6 heteroatoms. The van der Waals surface area contributed by atoms with Crippen LogP contribution in [0.5, 0.6) is 0 Å². The zero-order valence-electron chi connectivity index (χ0n) is 18.4. The van der Waals surface area contributed by atoms with Gasteiger partial charge in [0.15, 0.2) is 0 Å². The number of rotatable bonds is 4. The van der Waals surface area contributed by atoms with Crippen LogP contribution in [0.25, 0.3) is 0 Å². The minimum Gasteiger partial charge on any atom is -0.481 e. The first kappa shape index (κ1) is 23.9. The molecule has 0 aromatic rings. The number of allylic oxidation sites excluding steroid dienone is 4. The summed E-state index contributed by atoms with van der Waals surface area (Å²) in [6, 6.07) is 0. The first-order valence-electron chi connectivity index (χ1n) is 10.7. The van der Waals surface area contributed by atoms with Crippen molar-refractivity contribution in [2.75, 3.05) is 0 Å². The van der Waals surface area contributed by atoms with E-state index < -0.39 is 23.3 Å². The van der Waals surface area contributed by atoms with Gasteiger partial charge in [0.25, 0.3) is 0 Å². The van der Waals surface area contributed by atoms with E-state index >= 15 is 0 Å². The molecule has 0 aliphatic heterocycles. The fourth-order valence-electron chi connectivity index (χ4n) is 5.74. The maximum absolute atomic E-state index is 11.9. The van der Waals surface area contributed by atoms with Crippen molar-refractivity contribution in [1.82, 2.24) is 0 Å². The number of hydrogen-bond donors (Lipinski definition) is 3. The van der Waals surface area contributed by atoms with Gasteiger partial charge in [0.05, 0.1) is 5.41 Å². The number of carboxylic acid groups (broad SMARTS) is 3. The van der Waals surface area contributed by atoms with Crippen LogP contribution in [0.2, 0.25) is 0 Å². The Hall–Kier alpha value is -2.37. The minimum atomic E-state index is -1.26. The second-order valence-corrected chi connectivity index (χ2v) is 9.55. The van der Waals surface area contributed by atoms with Crippen LogP contribution in [0.1, 0.15) is 66.2 Å². The van der Waals surface area contributed by atoms with Gasteiger partial charge in [0.2, 0.25) is 0 Å². The second-order valence-electron chi connectivity index (χ2n) is 9.55. The molecule has 4 atom stereocenters. The molecule has 3 aliphatic rings. The minimum absolute atomic E-state index is 0.161. The summed E-state index contributed by atoms with van der Waals surface area (Å²) >= 11 is 0. The van der Waals surface area contributed by atoms with E-state index in [0.29, 0.717) is 24.0 Å². The molecule has 0 aromatic carbocycles. The highest BCUT2D eigenvalue weighted by Gasteiger charge is 2.57. The van der Waals surface area contributed by atoms with Crippen molar-refractivity contribution in [2.45, 2.75) is 66.2 Å². The van der Waals surface area contributed by atoms with Crippen LogP contribution in [-0.4, -0.2) is 33.2 Å². The van der Waals surface area contributed by atoms with Crippen molar-refractivity contribution in [2.24, 2.45) is 28.6 Å². The van der Waals surface area contributed by atoms with Crippen molar-refractivity contribution in [3.8, 4) is 0 Å². The molecule has 0 amide bonds. The summed E-state index contributed by atoms with van der Waals surface area (Å²) in [7, 11) is 0. The summed E-state index contributed by atoms with van der Waals surface area (Å²) < 4.78 is 0. The van der Waals surface area contributed by atoms with E-state index in [0.717, 1.165) is 19.3 Å². The summed E-state index contributed by atoms with van der Waals surface area (Å²) in [5.74, 6) is -1.63. The zero-order chi connectivity index (χ0) is 22.7. The quantitative estimate of drug-likeness (QED) is 0.559. The van der Waals surface area contributed by atoms with Crippen LogP contribution in [0, 0.1) is 28.6 Å². The van der Waals surface area contributed by atoms with E-state index in [1.807, 2.05) is 6.92 Å². The van der Waals surface area contributed by atoms with Gasteiger partial charge in [-0.05, 0) is 67.8 Å². The van der Waals surface area contributed by atoms with Crippen LogP contribution in [0.15, 0.2) is 35.5 Å². The lowest BCUT2D eigenvalue weighted by Gasteiger charge is -2.57. The average Bonchev–Trinajstić information content (AvgIpc) is 2.66. The highest BCUT2D eigenvalue weighted by molar-refractivity contribution is 5.89. The predicted molar refractivity (Wildman–Crippen MR) is 114 cm³/mol. The third-order valence-electron chi connectivity index (χ3n) is 7.44. The van der Waals surface area contributed by atoms with Crippen LogP contribution in [0.4, 0.5) is 0 Å². The maximum atomic E-state index is 11.9. The summed E-state index contributed by atoms with van der Waals surface area (Å²) in [6.07, 6.45) is 12.3. The molecular formula is C24H34O6. The molecule has 0 bridgehead atoms. The third-order valence-corrected chi connectivity index (χ3v) is 7.44. The first-order chi connectivity index (χ1) is 13.9. The Balaban J connectivity index is 0.000000343. The summed E-state index contributed by atoms with van der Waals surface area (Å²) in [6.45, 7) is 8.93. The van der Waals surface area contributed by atoms with Gasteiger partial charge in [-0.1, -0.05) is 44.9 Å². The molecule has 3 N–H and O–H groups in total. The van der Waals surface area contributed by atoms with Gasteiger partial charge in [0, 0.05) is 12.2 Å². The zero-order valence-corrected chi connectivity index (χ0v) is 18.4. The van der Waals surface area contributed by atoms with Gasteiger partial charge in [-0.3, -0.25) is 4.79 Å². The monoisotopic (exact) mass is 418 g/mol. The lowest BCUT2D eigenvalue weighted by atomic mass is 9.47. The van der Waals surface area contributed by atoms with Gasteiger partial charge in [-0.15, -0.1) is 0 Å². The molecule has 0 spiro atoms. The summed E-state index contributed by atoms with van der Waals surface area (Å²) in [4.78, 5) is 31.0. The van der Waals surface area contributed by atoms with Gasteiger partial charge >= 0.3 is 17.9 Å². The van der Waals surface area contributed by atoms with E-state index in [-0.39, 0.29) is 11.3 Å². The molecule has 1 unspecified atom stereocenters. The average molecular weight is 419 g/mol. The third kappa shape index (κ3) is 4.85. The van der Waals surface area contributed by atoms with E-state index in [4.69, 9.17) is 10.2 Å². The number of carboxylic acids is 3. The smallest absolute Gasteiger partial charge is 0.328 e. The molecule has 0 radical (unpaired) electrons. The standard InChI is InChI=1S/C20H30O2.C4H4O4/c1-13(2)14-6-8-16-15(12-14)7-9-17-19(16,3)10-5-11-20(17,4)18(21)22;5-3(6)1-2-4(7)8/h7,12-13,16-17H,5-6,8-11H2,1-4H3,(H,21,22);1-2H,(H,5,6)(H,7,8)/b;2-1-/t16-,17?,19+,20+;/m0./s1. The molecule has 3 aliphatic carbocycles. The Labute approximate surface area is 178 Å². The number of hydrogen-bond acceptors (Lipinski definition) is 3.